The summed E-state index contributed by atoms with van der Waals surface area (Å²) in [6.07, 6.45) is 1.32. The summed E-state index contributed by atoms with van der Waals surface area (Å²) in [4.78, 5) is 0. The van der Waals surface area contributed by atoms with Crippen molar-refractivity contribution in [2.45, 2.75) is 67.0 Å². The van der Waals surface area contributed by atoms with Gasteiger partial charge in [0.15, 0.2) is 0 Å². The van der Waals surface area contributed by atoms with Gasteiger partial charge in [0.2, 0.25) is 0 Å². The molecule has 1 aromatic carbocycles. The van der Waals surface area contributed by atoms with Crippen LogP contribution in [0.3, 0.4) is 0 Å². The van der Waals surface area contributed by atoms with Crippen LogP contribution in [0.4, 0.5) is 0 Å². The van der Waals surface area contributed by atoms with Gasteiger partial charge in [-0.25, -0.2) is 0 Å². The van der Waals surface area contributed by atoms with Crippen molar-refractivity contribution in [1.29, 1.82) is 0 Å². The Morgan fingerprint density at radius 3 is 2.24 bits per heavy atom. The lowest BCUT2D eigenvalue weighted by molar-refractivity contribution is 0.214. The highest BCUT2D eigenvalue weighted by atomic mass is 16.5. The summed E-state index contributed by atoms with van der Waals surface area (Å²) in [6, 6.07) is 8.78. The normalized spacial score (nSPS) is 15.0. The van der Waals surface area contributed by atoms with E-state index in [0.717, 1.165) is 18.7 Å². The van der Waals surface area contributed by atoms with E-state index < -0.39 is 0 Å². The van der Waals surface area contributed by atoms with Crippen LogP contribution in [0.5, 0.6) is 5.75 Å². The molecule has 0 heterocycles. The van der Waals surface area contributed by atoms with Gasteiger partial charge in [0.25, 0.3) is 0 Å². The Bertz CT molecular complexity index is 420. The minimum absolute atomic E-state index is 0.202. The van der Waals surface area contributed by atoms with Crippen molar-refractivity contribution < 1.29 is 4.74 Å². The lowest BCUT2D eigenvalue weighted by atomic mass is 9.77. The summed E-state index contributed by atoms with van der Waals surface area (Å²) in [5, 5.41) is 3.64. The zero-order valence-corrected chi connectivity index (χ0v) is 14.9. The van der Waals surface area contributed by atoms with Crippen molar-refractivity contribution in [2.75, 3.05) is 6.54 Å². The largest absolute Gasteiger partial charge is 0.491 e. The predicted octanol–water partition coefficient (Wildman–Crippen LogP) is 5.20. The average molecular weight is 291 g/mol. The predicted molar refractivity (Wildman–Crippen MR) is 91.9 cm³/mol. The molecule has 0 amide bonds. The summed E-state index contributed by atoms with van der Waals surface area (Å²) < 4.78 is 6.00. The molecule has 1 aromatic rings. The van der Waals surface area contributed by atoms with Crippen LogP contribution in [0.1, 0.15) is 66.5 Å². The van der Waals surface area contributed by atoms with Crippen LogP contribution in [0.2, 0.25) is 0 Å². The monoisotopic (exact) mass is 291 g/mol. The van der Waals surface area contributed by atoms with Gasteiger partial charge in [0.05, 0.1) is 6.10 Å². The van der Waals surface area contributed by atoms with Gasteiger partial charge < -0.3 is 10.1 Å². The molecule has 0 spiro atoms. The highest BCUT2D eigenvalue weighted by molar-refractivity contribution is 5.36. The maximum atomic E-state index is 6.00. The first-order valence-electron chi connectivity index (χ1n) is 8.24. The third kappa shape index (κ3) is 5.70. The van der Waals surface area contributed by atoms with Gasteiger partial charge in [-0.2, -0.15) is 0 Å². The zero-order valence-electron chi connectivity index (χ0n) is 14.9. The van der Waals surface area contributed by atoms with E-state index >= 15 is 0 Å². The van der Waals surface area contributed by atoms with Gasteiger partial charge in [-0.1, -0.05) is 52.8 Å². The summed E-state index contributed by atoms with van der Waals surface area (Å²) in [6.45, 7) is 16.6. The second kappa shape index (κ2) is 7.84. The summed E-state index contributed by atoms with van der Waals surface area (Å²) >= 11 is 0. The third-order valence-corrected chi connectivity index (χ3v) is 4.18. The number of hydrogen-bond donors (Lipinski definition) is 1. The second-order valence-corrected chi connectivity index (χ2v) is 7.32. The van der Waals surface area contributed by atoms with E-state index in [1.807, 2.05) is 0 Å². The Morgan fingerprint density at radius 2 is 1.71 bits per heavy atom. The Balaban J connectivity index is 3.00. The van der Waals surface area contributed by atoms with Gasteiger partial charge >= 0.3 is 0 Å². The van der Waals surface area contributed by atoms with E-state index in [4.69, 9.17) is 4.74 Å². The van der Waals surface area contributed by atoms with Gasteiger partial charge in [-0.05, 0) is 44.2 Å². The van der Waals surface area contributed by atoms with E-state index in [1.54, 1.807) is 0 Å². The number of para-hydroxylation sites is 1. The first-order valence-corrected chi connectivity index (χ1v) is 8.24. The molecule has 0 aromatic heterocycles. The minimum Gasteiger partial charge on any atom is -0.491 e. The van der Waals surface area contributed by atoms with Crippen molar-refractivity contribution in [1.82, 2.24) is 5.32 Å². The number of hydrogen-bond acceptors (Lipinski definition) is 2. The standard InChI is InChI=1S/C19H33NO/c1-8-20-17(13-15(4)19(5,6)7)16-11-9-10-12-18(16)21-14(2)3/h9-12,14-15,17,20H,8,13H2,1-7H3. The fourth-order valence-corrected chi connectivity index (χ4v) is 2.40. The SMILES string of the molecule is CCNC(CC(C)C(C)(C)C)c1ccccc1OC(C)C. The molecule has 0 radical (unpaired) electrons. The number of rotatable bonds is 7. The van der Waals surface area contributed by atoms with E-state index in [0.29, 0.717) is 17.4 Å². The lowest BCUT2D eigenvalue weighted by Gasteiger charge is -2.32. The van der Waals surface area contributed by atoms with Crippen LogP contribution in [0.15, 0.2) is 24.3 Å². The Labute approximate surface area is 131 Å². The first-order chi connectivity index (χ1) is 9.75. The molecule has 1 N–H and O–H groups in total. The summed E-state index contributed by atoms with van der Waals surface area (Å²) in [7, 11) is 0. The molecule has 2 unspecified atom stereocenters. The topological polar surface area (TPSA) is 21.3 Å². The minimum atomic E-state index is 0.202. The van der Waals surface area contributed by atoms with Crippen molar-refractivity contribution in [3.05, 3.63) is 29.8 Å². The van der Waals surface area contributed by atoms with Crippen molar-refractivity contribution in [3.8, 4) is 5.75 Å². The number of nitrogens with one attached hydrogen (secondary N) is 1. The molecule has 0 saturated heterocycles. The fraction of sp³-hybridized carbons (Fsp3) is 0.684. The molecule has 0 saturated carbocycles. The van der Waals surface area contributed by atoms with Crippen molar-refractivity contribution in [3.63, 3.8) is 0 Å². The maximum absolute atomic E-state index is 6.00. The van der Waals surface area contributed by atoms with E-state index in [9.17, 15) is 0 Å². The van der Waals surface area contributed by atoms with Crippen LogP contribution >= 0.6 is 0 Å². The molecule has 2 nitrogen and oxygen atoms in total. The van der Waals surface area contributed by atoms with Gasteiger partial charge in [-0.15, -0.1) is 0 Å². The maximum Gasteiger partial charge on any atom is 0.124 e. The summed E-state index contributed by atoms with van der Waals surface area (Å²) in [5.41, 5.74) is 1.60. The molecule has 21 heavy (non-hydrogen) atoms. The fourth-order valence-electron chi connectivity index (χ4n) is 2.40. The number of ether oxygens (including phenoxy) is 1. The molecule has 120 valence electrons. The van der Waals surface area contributed by atoms with Crippen LogP contribution in [-0.2, 0) is 0 Å². The quantitative estimate of drug-likeness (QED) is 0.746. The first kappa shape index (κ1) is 18.0. The van der Waals surface area contributed by atoms with E-state index in [1.165, 1.54) is 5.56 Å². The number of benzene rings is 1. The second-order valence-electron chi connectivity index (χ2n) is 7.32. The Kier molecular flexibility index (Phi) is 6.73. The molecule has 0 fully saturated rings. The molecule has 0 bridgehead atoms. The van der Waals surface area contributed by atoms with Gasteiger partial charge in [0.1, 0.15) is 5.75 Å². The van der Waals surface area contributed by atoms with Crippen LogP contribution in [0, 0.1) is 11.3 Å². The molecular formula is C19H33NO. The molecular weight excluding hydrogens is 258 g/mol. The molecule has 2 atom stereocenters. The van der Waals surface area contributed by atoms with Crippen molar-refractivity contribution >= 4 is 0 Å². The lowest BCUT2D eigenvalue weighted by Crippen LogP contribution is -2.28. The van der Waals surface area contributed by atoms with E-state index in [-0.39, 0.29) is 6.10 Å². The van der Waals surface area contributed by atoms with Crippen LogP contribution in [-0.4, -0.2) is 12.6 Å². The van der Waals surface area contributed by atoms with Gasteiger partial charge in [0, 0.05) is 11.6 Å². The zero-order chi connectivity index (χ0) is 16.0. The molecule has 0 aliphatic heterocycles. The Morgan fingerprint density at radius 1 is 1.10 bits per heavy atom. The third-order valence-electron chi connectivity index (χ3n) is 4.18. The van der Waals surface area contributed by atoms with Crippen molar-refractivity contribution in [2.24, 2.45) is 11.3 Å². The smallest absolute Gasteiger partial charge is 0.124 e. The molecule has 1 rings (SSSR count). The highest BCUT2D eigenvalue weighted by Gasteiger charge is 2.25. The summed E-state index contributed by atoms with van der Waals surface area (Å²) in [5.74, 6) is 1.65. The molecule has 0 aliphatic carbocycles. The van der Waals surface area contributed by atoms with E-state index in [2.05, 4.69) is 78.0 Å². The Hall–Kier alpha value is -1.02. The van der Waals surface area contributed by atoms with Crippen LogP contribution < -0.4 is 10.1 Å². The van der Waals surface area contributed by atoms with Gasteiger partial charge in [-0.3, -0.25) is 0 Å². The average Bonchev–Trinajstić information content (AvgIpc) is 2.37. The van der Waals surface area contributed by atoms with Crippen LogP contribution in [0.25, 0.3) is 0 Å². The highest BCUT2D eigenvalue weighted by Crippen LogP contribution is 2.36. The molecule has 2 heteroatoms. The molecule has 0 aliphatic rings.